The van der Waals surface area contributed by atoms with Crippen LogP contribution >= 0.6 is 0 Å². The van der Waals surface area contributed by atoms with E-state index in [1.807, 2.05) is 37.3 Å². The zero-order chi connectivity index (χ0) is 19.4. The van der Waals surface area contributed by atoms with Gasteiger partial charge in [0.2, 0.25) is 0 Å². The molecule has 0 bridgehead atoms. The molecule has 4 rings (SSSR count). The summed E-state index contributed by atoms with van der Waals surface area (Å²) in [6.45, 7) is 8.19. The molecule has 0 aromatic heterocycles. The van der Waals surface area contributed by atoms with Crippen LogP contribution < -0.4 is 4.46 Å². The van der Waals surface area contributed by atoms with Gasteiger partial charge in [0, 0.05) is 0 Å². The fourth-order valence-corrected chi connectivity index (χ4v) is 6.89. The summed E-state index contributed by atoms with van der Waals surface area (Å²) in [4.78, 5) is 24.4. The number of esters is 1. The first-order valence-electron chi connectivity index (χ1n) is 9.26. The van der Waals surface area contributed by atoms with Crippen molar-refractivity contribution in [2.45, 2.75) is 44.8 Å². The second-order valence-corrected chi connectivity index (χ2v) is 10.3. The summed E-state index contributed by atoms with van der Waals surface area (Å²) in [6.07, 6.45) is 0.902. The first kappa shape index (κ1) is 18.7. The van der Waals surface area contributed by atoms with Crippen molar-refractivity contribution >= 4 is 30.3 Å². The van der Waals surface area contributed by atoms with Crippen LogP contribution in [0.5, 0.6) is 0 Å². The van der Waals surface area contributed by atoms with E-state index in [9.17, 15) is 14.7 Å². The van der Waals surface area contributed by atoms with Gasteiger partial charge in [-0.05, 0) is 0 Å². The Balaban J connectivity index is 1.59. The van der Waals surface area contributed by atoms with Gasteiger partial charge < -0.3 is 0 Å². The van der Waals surface area contributed by atoms with Crippen molar-refractivity contribution in [3.8, 4) is 0 Å². The third kappa shape index (κ3) is 2.33. The van der Waals surface area contributed by atoms with Crippen LogP contribution in [-0.4, -0.2) is 49.2 Å². The predicted molar refractivity (Wildman–Crippen MR) is 101 cm³/mol. The van der Waals surface area contributed by atoms with Crippen LogP contribution in [0.15, 0.2) is 42.5 Å². The van der Waals surface area contributed by atoms with Crippen LogP contribution in [0, 0.1) is 16.7 Å². The number of hydrogen-bond acceptors (Lipinski definition) is 5. The second kappa shape index (κ2) is 6.20. The number of aliphatic hydroxyl groups is 1. The molecule has 6 heteroatoms. The summed E-state index contributed by atoms with van der Waals surface area (Å²) in [7, 11) is 0. The van der Waals surface area contributed by atoms with Gasteiger partial charge >= 0.3 is 165 Å². The molecular formula is C21H24O5Se. The van der Waals surface area contributed by atoms with E-state index in [2.05, 4.69) is 13.5 Å². The minimum absolute atomic E-state index is 0.0675. The molecule has 1 aliphatic heterocycles. The van der Waals surface area contributed by atoms with E-state index < -0.39 is 37.5 Å². The van der Waals surface area contributed by atoms with Crippen molar-refractivity contribution in [1.29, 1.82) is 0 Å². The van der Waals surface area contributed by atoms with Crippen LogP contribution in [0.2, 0.25) is 0 Å². The Hall–Kier alpha value is -1.62. The third-order valence-electron chi connectivity index (χ3n) is 7.13. The van der Waals surface area contributed by atoms with Gasteiger partial charge in [0.05, 0.1) is 0 Å². The van der Waals surface area contributed by atoms with Gasteiger partial charge in [-0.1, -0.05) is 0 Å². The molecule has 5 nitrogen and oxygen atoms in total. The molecular weight excluding hydrogens is 411 g/mol. The van der Waals surface area contributed by atoms with Crippen LogP contribution in [0.1, 0.15) is 33.1 Å². The molecule has 3 fully saturated rings. The Bertz CT molecular complexity index is 808. The maximum atomic E-state index is 12.4. The summed E-state index contributed by atoms with van der Waals surface area (Å²) in [6, 6.07) is 9.51. The van der Waals surface area contributed by atoms with E-state index in [4.69, 9.17) is 9.47 Å². The first-order valence-corrected chi connectivity index (χ1v) is 11.0. The van der Waals surface area contributed by atoms with Gasteiger partial charge in [-0.2, -0.15) is 0 Å². The quantitative estimate of drug-likeness (QED) is 0.446. The Morgan fingerprint density at radius 2 is 2.11 bits per heavy atom. The number of rotatable bonds is 4. The molecule has 5 atom stereocenters. The molecule has 27 heavy (non-hydrogen) atoms. The second-order valence-electron chi connectivity index (χ2n) is 8.17. The van der Waals surface area contributed by atoms with E-state index in [0.29, 0.717) is 12.0 Å². The van der Waals surface area contributed by atoms with Crippen LogP contribution in [0.25, 0.3) is 0 Å². The van der Waals surface area contributed by atoms with Crippen molar-refractivity contribution < 1.29 is 24.2 Å². The van der Waals surface area contributed by atoms with E-state index in [-0.39, 0.29) is 29.8 Å². The van der Waals surface area contributed by atoms with Crippen molar-refractivity contribution in [1.82, 2.24) is 0 Å². The molecule has 3 unspecified atom stereocenters. The third-order valence-corrected chi connectivity index (χ3v) is 8.79. The fourth-order valence-electron chi connectivity index (χ4n) is 5.63. The Labute approximate surface area is 165 Å². The fraction of sp³-hybridized carbons (Fsp3) is 0.524. The molecule has 0 spiro atoms. The summed E-state index contributed by atoms with van der Waals surface area (Å²) >= 11 is -0.444. The van der Waals surface area contributed by atoms with Gasteiger partial charge in [0.1, 0.15) is 0 Å². The van der Waals surface area contributed by atoms with Crippen molar-refractivity contribution in [2.75, 3.05) is 6.61 Å². The van der Waals surface area contributed by atoms with Gasteiger partial charge in [-0.15, -0.1) is 0 Å². The number of benzene rings is 1. The van der Waals surface area contributed by atoms with Gasteiger partial charge in [-0.25, -0.2) is 0 Å². The van der Waals surface area contributed by atoms with Crippen molar-refractivity contribution in [3.05, 3.63) is 42.5 Å². The average molecular weight is 435 g/mol. The predicted octanol–water partition coefficient (Wildman–Crippen LogP) is 2.19. The standard InChI is InChI=1S/C21H24O5Se/c1-13-9-10-21-19(3,12-25-18(24)27-15-7-5-4-6-8-15)14(2)17(23)20(13,21)11-16(22)26-21/h4-8,13,17,23H,2,9-12H2,1,3H3/t13-,17+,19?,20?,21?/m1/s1. The van der Waals surface area contributed by atoms with Crippen molar-refractivity contribution in [2.24, 2.45) is 16.7 Å². The van der Waals surface area contributed by atoms with Crippen LogP contribution in [0.3, 0.4) is 0 Å². The van der Waals surface area contributed by atoms with E-state index in [1.165, 1.54) is 0 Å². The molecule has 0 amide bonds. The molecule has 1 aromatic rings. The topological polar surface area (TPSA) is 72.8 Å². The minimum atomic E-state index is -0.840. The number of hydrogen-bond donors (Lipinski definition) is 1. The average Bonchev–Trinajstić information content (AvgIpc) is 3.15. The van der Waals surface area contributed by atoms with E-state index in [1.54, 1.807) is 0 Å². The first-order chi connectivity index (χ1) is 12.8. The molecule has 1 heterocycles. The van der Waals surface area contributed by atoms with E-state index >= 15 is 0 Å². The molecule has 1 saturated heterocycles. The number of ether oxygens (including phenoxy) is 2. The molecule has 3 aliphatic rings. The normalized spacial score (nSPS) is 39.8. The summed E-state index contributed by atoms with van der Waals surface area (Å²) < 4.78 is 12.5. The van der Waals surface area contributed by atoms with E-state index in [0.717, 1.165) is 10.9 Å². The van der Waals surface area contributed by atoms with Gasteiger partial charge in [0.15, 0.2) is 0 Å². The monoisotopic (exact) mass is 436 g/mol. The number of carbonyl (C=O) groups excluding carboxylic acids is 2. The van der Waals surface area contributed by atoms with Crippen molar-refractivity contribution in [3.63, 3.8) is 0 Å². The SMILES string of the molecule is C=C1[C@H](O)C23CC(=O)OC2(CC[C@H]3C)C1(C)COC(=O)[Se]c1ccccc1. The zero-order valence-corrected chi connectivity index (χ0v) is 17.3. The number of carbonyl (C=O) groups is 2. The van der Waals surface area contributed by atoms with Crippen LogP contribution in [0.4, 0.5) is 4.79 Å². The number of aliphatic hydroxyl groups excluding tert-OH is 1. The summed E-state index contributed by atoms with van der Waals surface area (Å²) in [5.41, 5.74) is -1.67. The Morgan fingerprint density at radius 3 is 2.81 bits per heavy atom. The molecule has 144 valence electrons. The molecule has 1 aromatic carbocycles. The summed E-state index contributed by atoms with van der Waals surface area (Å²) in [5.74, 6) is -0.138. The summed E-state index contributed by atoms with van der Waals surface area (Å²) in [5, 5.41) is 11.1. The molecule has 0 radical (unpaired) electrons. The Morgan fingerprint density at radius 1 is 1.41 bits per heavy atom. The zero-order valence-electron chi connectivity index (χ0n) is 15.6. The maximum absolute atomic E-state index is 12.4. The molecule has 2 aliphatic carbocycles. The molecule has 2 saturated carbocycles. The van der Waals surface area contributed by atoms with Gasteiger partial charge in [0.25, 0.3) is 0 Å². The molecule has 1 N–H and O–H groups in total. The Kier molecular flexibility index (Phi) is 4.30. The van der Waals surface area contributed by atoms with Gasteiger partial charge in [-0.3, -0.25) is 0 Å². The van der Waals surface area contributed by atoms with Crippen LogP contribution in [-0.2, 0) is 14.3 Å².